The van der Waals surface area contributed by atoms with Crippen LogP contribution in [-0.2, 0) is 0 Å². The number of aromatic amines is 1. The number of aromatic nitrogens is 2. The second kappa shape index (κ2) is 9.28. The molecule has 3 N–H and O–H groups in total. The van der Waals surface area contributed by atoms with Gasteiger partial charge in [-0.25, -0.2) is 4.98 Å². The quantitative estimate of drug-likeness (QED) is 0.382. The highest BCUT2D eigenvalue weighted by Gasteiger charge is 2.17. The predicted octanol–water partition coefficient (Wildman–Crippen LogP) is 5.54. The lowest BCUT2D eigenvalue weighted by molar-refractivity contribution is 0.0927. The summed E-state index contributed by atoms with van der Waals surface area (Å²) in [7, 11) is 0. The SMILES string of the molecule is O=C(Nc1ccc2nc(-c3ccc(C(=O)NC4CCCCC4)cc3)[nH]c2c1)c1ccccc1. The largest absolute Gasteiger partial charge is 0.349 e. The fourth-order valence-corrected chi connectivity index (χ4v) is 4.31. The molecular weight excluding hydrogens is 412 g/mol. The molecule has 166 valence electrons. The van der Waals surface area contributed by atoms with Crippen LogP contribution >= 0.6 is 0 Å². The molecule has 2 amide bonds. The maximum absolute atomic E-state index is 12.6. The van der Waals surface area contributed by atoms with Crippen molar-refractivity contribution < 1.29 is 9.59 Å². The van der Waals surface area contributed by atoms with E-state index in [1.807, 2.05) is 60.7 Å². The summed E-state index contributed by atoms with van der Waals surface area (Å²) in [5, 5.41) is 6.07. The normalized spacial score (nSPS) is 14.2. The van der Waals surface area contributed by atoms with Crippen molar-refractivity contribution in [3.8, 4) is 11.4 Å². The van der Waals surface area contributed by atoms with E-state index < -0.39 is 0 Å². The average molecular weight is 439 g/mol. The molecule has 3 aromatic carbocycles. The smallest absolute Gasteiger partial charge is 0.255 e. The standard InChI is InChI=1S/C27H26N4O2/c32-26(19-7-3-1-4-8-19)29-22-15-16-23-24(17-22)31-25(30-23)18-11-13-20(14-12-18)27(33)28-21-9-5-2-6-10-21/h1,3-4,7-8,11-17,21H,2,5-6,9-10H2,(H,28,33)(H,29,32)(H,30,31). The van der Waals surface area contributed by atoms with Gasteiger partial charge < -0.3 is 15.6 Å². The van der Waals surface area contributed by atoms with Gasteiger partial charge in [-0.15, -0.1) is 0 Å². The third-order valence-electron chi connectivity index (χ3n) is 6.14. The second-order valence-corrected chi connectivity index (χ2v) is 8.52. The Balaban J connectivity index is 1.29. The van der Waals surface area contributed by atoms with E-state index >= 15 is 0 Å². The van der Waals surface area contributed by atoms with Crippen LogP contribution in [0.3, 0.4) is 0 Å². The third kappa shape index (κ3) is 4.80. The molecule has 0 atom stereocenters. The maximum atomic E-state index is 12.6. The number of hydrogen-bond donors (Lipinski definition) is 3. The van der Waals surface area contributed by atoms with Crippen LogP contribution in [0.2, 0.25) is 0 Å². The number of imidazole rings is 1. The Kier molecular flexibility index (Phi) is 5.89. The average Bonchev–Trinajstić information content (AvgIpc) is 3.29. The number of rotatable bonds is 5. The van der Waals surface area contributed by atoms with Gasteiger partial charge in [0, 0.05) is 28.4 Å². The maximum Gasteiger partial charge on any atom is 0.255 e. The lowest BCUT2D eigenvalue weighted by Crippen LogP contribution is -2.36. The molecular formula is C27H26N4O2. The first-order valence-corrected chi connectivity index (χ1v) is 11.4. The highest BCUT2D eigenvalue weighted by molar-refractivity contribution is 6.05. The first-order chi connectivity index (χ1) is 16.2. The zero-order valence-corrected chi connectivity index (χ0v) is 18.3. The molecule has 0 aliphatic heterocycles. The Hall–Kier alpha value is -3.93. The van der Waals surface area contributed by atoms with Crippen molar-refractivity contribution in [2.45, 2.75) is 38.1 Å². The zero-order valence-electron chi connectivity index (χ0n) is 18.3. The minimum absolute atomic E-state index is 0.0168. The number of nitrogens with zero attached hydrogens (tertiary/aromatic N) is 1. The van der Waals surface area contributed by atoms with Gasteiger partial charge >= 0.3 is 0 Å². The van der Waals surface area contributed by atoms with Gasteiger partial charge in [0.1, 0.15) is 5.82 Å². The van der Waals surface area contributed by atoms with Gasteiger partial charge in [0.2, 0.25) is 0 Å². The van der Waals surface area contributed by atoms with E-state index in [-0.39, 0.29) is 17.9 Å². The Bertz CT molecular complexity index is 1270. The molecule has 1 saturated carbocycles. The number of amides is 2. The fourth-order valence-electron chi connectivity index (χ4n) is 4.31. The molecule has 6 nitrogen and oxygen atoms in total. The van der Waals surface area contributed by atoms with Crippen LogP contribution in [0.25, 0.3) is 22.4 Å². The third-order valence-corrected chi connectivity index (χ3v) is 6.14. The molecule has 1 heterocycles. The van der Waals surface area contributed by atoms with Crippen molar-refractivity contribution in [2.24, 2.45) is 0 Å². The summed E-state index contributed by atoms with van der Waals surface area (Å²) in [5.41, 5.74) is 4.50. The number of anilines is 1. The molecule has 1 fully saturated rings. The van der Waals surface area contributed by atoms with E-state index in [1.165, 1.54) is 19.3 Å². The summed E-state index contributed by atoms with van der Waals surface area (Å²) >= 11 is 0. The van der Waals surface area contributed by atoms with Gasteiger partial charge in [0.15, 0.2) is 0 Å². The van der Waals surface area contributed by atoms with Crippen molar-refractivity contribution in [3.05, 3.63) is 83.9 Å². The molecule has 0 unspecified atom stereocenters. The number of hydrogen-bond acceptors (Lipinski definition) is 3. The Morgan fingerprint density at radius 2 is 1.55 bits per heavy atom. The van der Waals surface area contributed by atoms with Crippen LogP contribution in [0.1, 0.15) is 52.8 Å². The van der Waals surface area contributed by atoms with Crippen molar-refractivity contribution in [1.29, 1.82) is 0 Å². The number of carbonyl (C=O) groups is 2. The number of carbonyl (C=O) groups excluding carboxylic acids is 2. The monoisotopic (exact) mass is 438 g/mol. The summed E-state index contributed by atoms with van der Waals surface area (Å²) < 4.78 is 0. The number of benzene rings is 3. The van der Waals surface area contributed by atoms with Gasteiger partial charge in [-0.3, -0.25) is 9.59 Å². The van der Waals surface area contributed by atoms with Gasteiger partial charge in [-0.1, -0.05) is 49.6 Å². The molecule has 4 aromatic rings. The van der Waals surface area contributed by atoms with Crippen molar-refractivity contribution in [1.82, 2.24) is 15.3 Å². The lowest BCUT2D eigenvalue weighted by Gasteiger charge is -2.22. The molecule has 6 heteroatoms. The molecule has 0 bridgehead atoms. The van der Waals surface area contributed by atoms with Crippen molar-refractivity contribution in [2.75, 3.05) is 5.32 Å². The Morgan fingerprint density at radius 1 is 0.818 bits per heavy atom. The van der Waals surface area contributed by atoms with Crippen LogP contribution < -0.4 is 10.6 Å². The Morgan fingerprint density at radius 3 is 2.30 bits per heavy atom. The minimum atomic E-state index is -0.156. The molecule has 1 aliphatic carbocycles. The van der Waals surface area contributed by atoms with Crippen molar-refractivity contribution >= 4 is 28.5 Å². The lowest BCUT2D eigenvalue weighted by atomic mass is 9.95. The molecule has 0 radical (unpaired) electrons. The minimum Gasteiger partial charge on any atom is -0.349 e. The van der Waals surface area contributed by atoms with Crippen LogP contribution in [0.4, 0.5) is 5.69 Å². The van der Waals surface area contributed by atoms with E-state index in [9.17, 15) is 9.59 Å². The van der Waals surface area contributed by atoms with E-state index in [2.05, 4.69) is 20.6 Å². The topological polar surface area (TPSA) is 86.9 Å². The molecule has 1 aliphatic rings. The molecule has 1 aromatic heterocycles. The number of nitrogens with one attached hydrogen (secondary N) is 3. The summed E-state index contributed by atoms with van der Waals surface area (Å²) in [6, 6.07) is 22.5. The fraction of sp³-hybridized carbons (Fsp3) is 0.222. The van der Waals surface area contributed by atoms with Crippen LogP contribution in [0, 0.1) is 0 Å². The van der Waals surface area contributed by atoms with Gasteiger partial charge in [-0.2, -0.15) is 0 Å². The highest BCUT2D eigenvalue weighted by atomic mass is 16.2. The summed E-state index contributed by atoms with van der Waals surface area (Å²) in [6.07, 6.45) is 5.77. The number of fused-ring (bicyclic) bond motifs is 1. The predicted molar refractivity (Wildman–Crippen MR) is 130 cm³/mol. The van der Waals surface area contributed by atoms with E-state index in [0.717, 1.165) is 35.3 Å². The van der Waals surface area contributed by atoms with Gasteiger partial charge in [-0.05, 0) is 55.3 Å². The van der Waals surface area contributed by atoms with Crippen LogP contribution in [0.5, 0.6) is 0 Å². The Labute approximate surface area is 192 Å². The van der Waals surface area contributed by atoms with Gasteiger partial charge in [0.05, 0.1) is 11.0 Å². The van der Waals surface area contributed by atoms with E-state index in [1.54, 1.807) is 12.1 Å². The summed E-state index contributed by atoms with van der Waals surface area (Å²) in [4.78, 5) is 33.0. The molecule has 0 spiro atoms. The molecule has 0 saturated heterocycles. The van der Waals surface area contributed by atoms with Crippen LogP contribution in [0.15, 0.2) is 72.8 Å². The first kappa shape index (κ1) is 20.9. The van der Waals surface area contributed by atoms with E-state index in [4.69, 9.17) is 0 Å². The zero-order chi connectivity index (χ0) is 22.6. The van der Waals surface area contributed by atoms with Gasteiger partial charge in [0.25, 0.3) is 11.8 Å². The van der Waals surface area contributed by atoms with E-state index in [0.29, 0.717) is 16.8 Å². The number of H-pyrrole nitrogens is 1. The first-order valence-electron chi connectivity index (χ1n) is 11.4. The van der Waals surface area contributed by atoms with Crippen LogP contribution in [-0.4, -0.2) is 27.8 Å². The highest BCUT2D eigenvalue weighted by Crippen LogP contribution is 2.24. The van der Waals surface area contributed by atoms with Crippen molar-refractivity contribution in [3.63, 3.8) is 0 Å². The summed E-state index contributed by atoms with van der Waals surface area (Å²) in [6.45, 7) is 0. The molecule has 33 heavy (non-hydrogen) atoms. The molecule has 5 rings (SSSR count). The summed E-state index contributed by atoms with van der Waals surface area (Å²) in [5.74, 6) is 0.546. The second-order valence-electron chi connectivity index (χ2n) is 8.52.